The van der Waals surface area contributed by atoms with Crippen LogP contribution in [0.25, 0.3) is 0 Å². The predicted octanol–water partition coefficient (Wildman–Crippen LogP) is 1.89. The van der Waals surface area contributed by atoms with Gasteiger partial charge in [-0.3, -0.25) is 4.79 Å². The lowest BCUT2D eigenvalue weighted by atomic mass is 10.1. The number of carbonyl (C=O) groups excluding carboxylic acids is 1. The van der Waals surface area contributed by atoms with Crippen molar-refractivity contribution in [1.82, 2.24) is 10.3 Å². The molecular weight excluding hydrogens is 246 g/mol. The van der Waals surface area contributed by atoms with Gasteiger partial charge in [0, 0.05) is 16.8 Å². The molecule has 94 valence electrons. The number of rotatable bonds is 4. The Morgan fingerprint density at radius 1 is 1.39 bits per heavy atom. The molecule has 1 amide bonds. The SMILES string of the molecule is Cc1cnc(CNC(=O)Cc2ccc(N)cc2)s1. The van der Waals surface area contributed by atoms with Crippen LogP contribution < -0.4 is 11.1 Å². The third-order valence-corrected chi connectivity index (χ3v) is 3.36. The van der Waals surface area contributed by atoms with Gasteiger partial charge in [0.05, 0.1) is 13.0 Å². The molecule has 0 saturated carbocycles. The standard InChI is InChI=1S/C13H15N3OS/c1-9-7-16-13(18-9)8-15-12(17)6-10-2-4-11(14)5-3-10/h2-5,7H,6,8,14H2,1H3,(H,15,17). The number of nitrogens with one attached hydrogen (secondary N) is 1. The molecule has 5 heteroatoms. The van der Waals surface area contributed by atoms with Gasteiger partial charge in [0.25, 0.3) is 0 Å². The van der Waals surface area contributed by atoms with Crippen molar-refractivity contribution in [3.63, 3.8) is 0 Å². The number of carbonyl (C=O) groups is 1. The highest BCUT2D eigenvalue weighted by Crippen LogP contribution is 2.10. The zero-order chi connectivity index (χ0) is 13.0. The van der Waals surface area contributed by atoms with Crippen molar-refractivity contribution in [1.29, 1.82) is 0 Å². The number of nitrogens with zero attached hydrogens (tertiary/aromatic N) is 1. The van der Waals surface area contributed by atoms with Crippen molar-refractivity contribution in [2.75, 3.05) is 5.73 Å². The fourth-order valence-electron chi connectivity index (χ4n) is 1.54. The van der Waals surface area contributed by atoms with Crippen LogP contribution in [0.3, 0.4) is 0 Å². The second kappa shape index (κ2) is 5.64. The molecular formula is C13H15N3OS. The van der Waals surface area contributed by atoms with E-state index >= 15 is 0 Å². The molecule has 1 heterocycles. The number of aryl methyl sites for hydroxylation is 1. The van der Waals surface area contributed by atoms with Crippen molar-refractivity contribution in [2.24, 2.45) is 0 Å². The van der Waals surface area contributed by atoms with Gasteiger partial charge in [0.2, 0.25) is 5.91 Å². The average molecular weight is 261 g/mol. The van der Waals surface area contributed by atoms with Crippen LogP contribution in [0.2, 0.25) is 0 Å². The van der Waals surface area contributed by atoms with Gasteiger partial charge in [-0.05, 0) is 24.6 Å². The normalized spacial score (nSPS) is 10.3. The number of aromatic nitrogens is 1. The number of thiazole rings is 1. The van der Waals surface area contributed by atoms with Gasteiger partial charge in [-0.1, -0.05) is 12.1 Å². The summed E-state index contributed by atoms with van der Waals surface area (Å²) in [6.07, 6.45) is 2.18. The fraction of sp³-hybridized carbons (Fsp3) is 0.231. The minimum absolute atomic E-state index is 0.00683. The predicted molar refractivity (Wildman–Crippen MR) is 73.3 cm³/mol. The zero-order valence-electron chi connectivity index (χ0n) is 10.1. The Hall–Kier alpha value is -1.88. The topological polar surface area (TPSA) is 68.0 Å². The fourth-order valence-corrected chi connectivity index (χ4v) is 2.27. The third kappa shape index (κ3) is 3.56. The first-order valence-electron chi connectivity index (χ1n) is 5.66. The smallest absolute Gasteiger partial charge is 0.224 e. The highest BCUT2D eigenvalue weighted by atomic mass is 32.1. The van der Waals surface area contributed by atoms with Gasteiger partial charge >= 0.3 is 0 Å². The highest BCUT2D eigenvalue weighted by molar-refractivity contribution is 7.11. The monoisotopic (exact) mass is 261 g/mol. The molecule has 0 aliphatic rings. The minimum atomic E-state index is -0.00683. The summed E-state index contributed by atoms with van der Waals surface area (Å²) < 4.78 is 0. The zero-order valence-corrected chi connectivity index (χ0v) is 11.0. The van der Waals surface area contributed by atoms with Crippen molar-refractivity contribution in [3.8, 4) is 0 Å². The Morgan fingerprint density at radius 2 is 2.11 bits per heavy atom. The second-order valence-corrected chi connectivity index (χ2v) is 5.38. The molecule has 0 aliphatic heterocycles. The molecule has 0 radical (unpaired) electrons. The number of amides is 1. The molecule has 2 rings (SSSR count). The van der Waals surface area contributed by atoms with Crippen LogP contribution in [-0.4, -0.2) is 10.9 Å². The van der Waals surface area contributed by atoms with Gasteiger partial charge in [0.1, 0.15) is 5.01 Å². The molecule has 0 unspecified atom stereocenters. The largest absolute Gasteiger partial charge is 0.399 e. The van der Waals surface area contributed by atoms with E-state index in [0.29, 0.717) is 18.7 Å². The van der Waals surface area contributed by atoms with E-state index in [-0.39, 0.29) is 5.91 Å². The van der Waals surface area contributed by atoms with Gasteiger partial charge < -0.3 is 11.1 Å². The Balaban J connectivity index is 1.83. The molecule has 0 aliphatic carbocycles. The molecule has 0 atom stereocenters. The van der Waals surface area contributed by atoms with Crippen molar-refractivity contribution in [3.05, 3.63) is 45.9 Å². The average Bonchev–Trinajstić information content (AvgIpc) is 2.76. The summed E-state index contributed by atoms with van der Waals surface area (Å²) in [7, 11) is 0. The molecule has 3 N–H and O–H groups in total. The minimum Gasteiger partial charge on any atom is -0.399 e. The molecule has 0 fully saturated rings. The van der Waals surface area contributed by atoms with Crippen LogP contribution in [0.4, 0.5) is 5.69 Å². The molecule has 4 nitrogen and oxygen atoms in total. The molecule has 0 spiro atoms. The second-order valence-electron chi connectivity index (χ2n) is 4.06. The summed E-state index contributed by atoms with van der Waals surface area (Å²) in [5.41, 5.74) is 7.25. The Morgan fingerprint density at radius 3 is 2.72 bits per heavy atom. The first-order chi connectivity index (χ1) is 8.63. The number of benzene rings is 1. The summed E-state index contributed by atoms with van der Waals surface area (Å²) in [5, 5.41) is 3.78. The van der Waals surface area contributed by atoms with E-state index in [1.165, 1.54) is 0 Å². The number of nitrogen functional groups attached to an aromatic ring is 1. The summed E-state index contributed by atoms with van der Waals surface area (Å²) in [6, 6.07) is 7.32. The van der Waals surface area contributed by atoms with Crippen LogP contribution in [0.5, 0.6) is 0 Å². The molecule has 2 aromatic rings. The van der Waals surface area contributed by atoms with E-state index in [1.54, 1.807) is 23.5 Å². The lowest BCUT2D eigenvalue weighted by molar-refractivity contribution is -0.120. The molecule has 1 aromatic heterocycles. The van der Waals surface area contributed by atoms with Gasteiger partial charge in [-0.15, -0.1) is 11.3 Å². The maximum Gasteiger partial charge on any atom is 0.224 e. The number of nitrogens with two attached hydrogens (primary N) is 1. The summed E-state index contributed by atoms with van der Waals surface area (Å²) in [6.45, 7) is 2.49. The van der Waals surface area contributed by atoms with E-state index in [0.717, 1.165) is 15.4 Å². The number of hydrogen-bond donors (Lipinski definition) is 2. The number of anilines is 1. The van der Waals surface area contributed by atoms with E-state index in [4.69, 9.17) is 5.73 Å². The summed E-state index contributed by atoms with van der Waals surface area (Å²) in [5.74, 6) is -0.00683. The van der Waals surface area contributed by atoms with Gasteiger partial charge in [-0.25, -0.2) is 4.98 Å². The van der Waals surface area contributed by atoms with Crippen LogP contribution in [0.15, 0.2) is 30.5 Å². The summed E-state index contributed by atoms with van der Waals surface area (Å²) >= 11 is 1.60. The van der Waals surface area contributed by atoms with Crippen molar-refractivity contribution < 1.29 is 4.79 Å². The lowest BCUT2D eigenvalue weighted by Crippen LogP contribution is -2.24. The Bertz CT molecular complexity index is 533. The van der Waals surface area contributed by atoms with Crippen LogP contribution in [0.1, 0.15) is 15.4 Å². The molecule has 0 bridgehead atoms. The van der Waals surface area contributed by atoms with Crippen LogP contribution in [-0.2, 0) is 17.8 Å². The van der Waals surface area contributed by atoms with Gasteiger partial charge in [-0.2, -0.15) is 0 Å². The number of hydrogen-bond acceptors (Lipinski definition) is 4. The lowest BCUT2D eigenvalue weighted by Gasteiger charge is -2.03. The maximum absolute atomic E-state index is 11.7. The first-order valence-corrected chi connectivity index (χ1v) is 6.47. The van der Waals surface area contributed by atoms with Crippen LogP contribution >= 0.6 is 11.3 Å². The van der Waals surface area contributed by atoms with Crippen LogP contribution in [0, 0.1) is 6.92 Å². The van der Waals surface area contributed by atoms with E-state index in [1.807, 2.05) is 25.3 Å². The quantitative estimate of drug-likeness (QED) is 0.826. The molecule has 18 heavy (non-hydrogen) atoms. The Kier molecular flexibility index (Phi) is 3.94. The molecule has 0 saturated heterocycles. The van der Waals surface area contributed by atoms with E-state index in [2.05, 4.69) is 10.3 Å². The van der Waals surface area contributed by atoms with Gasteiger partial charge in [0.15, 0.2) is 0 Å². The van der Waals surface area contributed by atoms with Crippen molar-refractivity contribution in [2.45, 2.75) is 19.9 Å². The van der Waals surface area contributed by atoms with E-state index in [9.17, 15) is 4.79 Å². The van der Waals surface area contributed by atoms with Crippen molar-refractivity contribution >= 4 is 22.9 Å². The maximum atomic E-state index is 11.7. The first kappa shape index (κ1) is 12.6. The highest BCUT2D eigenvalue weighted by Gasteiger charge is 2.04. The third-order valence-electron chi connectivity index (χ3n) is 2.45. The molecule has 1 aromatic carbocycles. The Labute approximate surface area is 110 Å². The summed E-state index contributed by atoms with van der Waals surface area (Å²) in [4.78, 5) is 17.1. The van der Waals surface area contributed by atoms with E-state index < -0.39 is 0 Å².